The van der Waals surface area contributed by atoms with Gasteiger partial charge < -0.3 is 13.9 Å². The number of rotatable bonds is 9. The molecule has 0 aliphatic carbocycles. The molecule has 9 nitrogen and oxygen atoms in total. The Morgan fingerprint density at radius 2 is 1.76 bits per heavy atom. The maximum absolute atomic E-state index is 13.0. The van der Waals surface area contributed by atoms with Crippen LogP contribution in [-0.2, 0) is 22.0 Å². The molecule has 0 fully saturated rings. The van der Waals surface area contributed by atoms with Crippen LogP contribution >= 0.6 is 0 Å². The molecule has 10 heteroatoms. The van der Waals surface area contributed by atoms with Gasteiger partial charge in [0.05, 0.1) is 26.2 Å². The first-order chi connectivity index (χ1) is 15.9. The molecule has 0 amide bonds. The summed E-state index contributed by atoms with van der Waals surface area (Å²) < 4.78 is 44.3. The van der Waals surface area contributed by atoms with E-state index in [0.717, 1.165) is 5.56 Å². The molecular weight excluding hydrogens is 444 g/mol. The maximum Gasteiger partial charge on any atom is 0.204 e. The smallest absolute Gasteiger partial charge is 0.204 e. The highest BCUT2D eigenvalue weighted by atomic mass is 32.2. The molecule has 0 aliphatic heterocycles. The van der Waals surface area contributed by atoms with E-state index in [9.17, 15) is 8.42 Å². The van der Waals surface area contributed by atoms with Crippen LogP contribution in [0.3, 0.4) is 0 Å². The molecule has 0 saturated heterocycles. The molecule has 172 valence electrons. The molecule has 4 rings (SSSR count). The monoisotopic (exact) mass is 468 g/mol. The Labute approximate surface area is 191 Å². The summed E-state index contributed by atoms with van der Waals surface area (Å²) in [6, 6.07) is 12.5. The van der Waals surface area contributed by atoms with E-state index in [0.29, 0.717) is 40.9 Å². The number of furan rings is 1. The quantitative estimate of drug-likeness (QED) is 0.368. The standard InChI is InChI=1S/C23H24N4O5S/c1-16-9-10-17(24-14-16)11-13-33(28,29)15-21-25-26-23(20-8-5-12-32-20)27(21)22-18(30-2)6-4-7-19(22)31-3/h4-10,12,14H,11,13,15H2,1-3H3. The minimum absolute atomic E-state index is 0.0743. The van der Waals surface area contributed by atoms with Crippen molar-refractivity contribution in [3.8, 4) is 28.8 Å². The minimum Gasteiger partial charge on any atom is -0.494 e. The lowest BCUT2D eigenvalue weighted by atomic mass is 10.2. The molecular formula is C23H24N4O5S. The number of benzene rings is 1. The second kappa shape index (κ2) is 9.45. The summed E-state index contributed by atoms with van der Waals surface area (Å²) in [5.74, 6) is 1.55. The molecule has 0 unspecified atom stereocenters. The van der Waals surface area contributed by atoms with E-state index in [1.165, 1.54) is 20.5 Å². The van der Waals surface area contributed by atoms with Crippen LogP contribution in [0.2, 0.25) is 0 Å². The van der Waals surface area contributed by atoms with Gasteiger partial charge in [0.2, 0.25) is 5.82 Å². The van der Waals surface area contributed by atoms with Crippen LogP contribution in [0.5, 0.6) is 11.5 Å². The summed E-state index contributed by atoms with van der Waals surface area (Å²) in [4.78, 5) is 4.29. The predicted octanol–water partition coefficient (Wildman–Crippen LogP) is 3.41. The van der Waals surface area contributed by atoms with E-state index in [1.54, 1.807) is 41.1 Å². The van der Waals surface area contributed by atoms with E-state index in [1.807, 2.05) is 19.1 Å². The van der Waals surface area contributed by atoms with E-state index in [-0.39, 0.29) is 17.3 Å². The molecule has 0 N–H and O–H groups in total. The lowest BCUT2D eigenvalue weighted by molar-refractivity contribution is 0.390. The van der Waals surface area contributed by atoms with Crippen molar-refractivity contribution < 1.29 is 22.3 Å². The van der Waals surface area contributed by atoms with Gasteiger partial charge in [-0.25, -0.2) is 8.42 Å². The Hall–Kier alpha value is -3.66. The number of sulfone groups is 1. The fourth-order valence-corrected chi connectivity index (χ4v) is 4.68. The highest BCUT2D eigenvalue weighted by Gasteiger charge is 2.26. The van der Waals surface area contributed by atoms with Gasteiger partial charge in [-0.3, -0.25) is 9.55 Å². The van der Waals surface area contributed by atoms with Crippen molar-refractivity contribution in [1.82, 2.24) is 19.7 Å². The van der Waals surface area contributed by atoms with Crippen LogP contribution in [0.4, 0.5) is 0 Å². The Morgan fingerprint density at radius 3 is 2.36 bits per heavy atom. The third-order valence-corrected chi connectivity index (χ3v) is 6.61. The summed E-state index contributed by atoms with van der Waals surface area (Å²) in [5, 5.41) is 8.43. The lowest BCUT2D eigenvalue weighted by Crippen LogP contribution is -2.16. The number of nitrogens with zero attached hydrogens (tertiary/aromatic N) is 4. The summed E-state index contributed by atoms with van der Waals surface area (Å²) in [6.45, 7) is 1.93. The summed E-state index contributed by atoms with van der Waals surface area (Å²) in [6.07, 6.45) is 3.54. The van der Waals surface area contributed by atoms with Crippen molar-refractivity contribution in [3.63, 3.8) is 0 Å². The largest absolute Gasteiger partial charge is 0.494 e. The number of aryl methyl sites for hydroxylation is 2. The molecule has 0 aliphatic rings. The number of para-hydroxylation sites is 1. The highest BCUT2D eigenvalue weighted by Crippen LogP contribution is 2.36. The first kappa shape index (κ1) is 22.5. The fourth-order valence-electron chi connectivity index (χ4n) is 3.44. The highest BCUT2D eigenvalue weighted by molar-refractivity contribution is 7.90. The zero-order chi connectivity index (χ0) is 23.4. The normalized spacial score (nSPS) is 11.5. The molecule has 3 aromatic heterocycles. The van der Waals surface area contributed by atoms with Gasteiger partial charge in [0.15, 0.2) is 21.4 Å². The molecule has 0 atom stereocenters. The Balaban J connectivity index is 1.73. The number of hydrogen-bond acceptors (Lipinski definition) is 8. The molecule has 3 heterocycles. The fraction of sp³-hybridized carbons (Fsp3) is 0.261. The molecule has 0 saturated carbocycles. The first-order valence-electron chi connectivity index (χ1n) is 10.2. The number of pyridine rings is 1. The zero-order valence-corrected chi connectivity index (χ0v) is 19.4. The van der Waals surface area contributed by atoms with E-state index < -0.39 is 9.84 Å². The van der Waals surface area contributed by atoms with E-state index >= 15 is 0 Å². The Morgan fingerprint density at radius 1 is 1.00 bits per heavy atom. The summed E-state index contributed by atoms with van der Waals surface area (Å²) in [7, 11) is -0.488. The van der Waals surface area contributed by atoms with Crippen LogP contribution in [-0.4, -0.2) is 48.1 Å². The van der Waals surface area contributed by atoms with Crippen molar-refractivity contribution in [1.29, 1.82) is 0 Å². The average Bonchev–Trinajstić information content (AvgIpc) is 3.48. The molecule has 0 bridgehead atoms. The van der Waals surface area contributed by atoms with Gasteiger partial charge in [0.25, 0.3) is 0 Å². The van der Waals surface area contributed by atoms with Gasteiger partial charge in [0, 0.05) is 18.3 Å². The molecule has 0 spiro atoms. The summed E-state index contributed by atoms with van der Waals surface area (Å²) >= 11 is 0. The lowest BCUT2D eigenvalue weighted by Gasteiger charge is -2.16. The van der Waals surface area contributed by atoms with Gasteiger partial charge in [-0.1, -0.05) is 12.1 Å². The molecule has 1 aromatic carbocycles. The van der Waals surface area contributed by atoms with Crippen molar-refractivity contribution in [2.75, 3.05) is 20.0 Å². The summed E-state index contributed by atoms with van der Waals surface area (Å²) in [5.41, 5.74) is 2.23. The zero-order valence-electron chi connectivity index (χ0n) is 18.6. The van der Waals surface area contributed by atoms with E-state index in [2.05, 4.69) is 15.2 Å². The van der Waals surface area contributed by atoms with Crippen LogP contribution in [0, 0.1) is 6.92 Å². The molecule has 33 heavy (non-hydrogen) atoms. The number of hydrogen-bond donors (Lipinski definition) is 0. The van der Waals surface area contributed by atoms with Crippen molar-refractivity contribution in [2.24, 2.45) is 0 Å². The topological polar surface area (TPSA) is 109 Å². The van der Waals surface area contributed by atoms with Gasteiger partial charge in [-0.15, -0.1) is 10.2 Å². The Bertz CT molecular complexity index is 1310. The van der Waals surface area contributed by atoms with Crippen LogP contribution in [0.25, 0.3) is 17.3 Å². The van der Waals surface area contributed by atoms with Crippen molar-refractivity contribution >= 4 is 9.84 Å². The number of ether oxygens (including phenoxy) is 2. The van der Waals surface area contributed by atoms with Crippen LogP contribution in [0.1, 0.15) is 17.1 Å². The number of aromatic nitrogens is 4. The SMILES string of the molecule is COc1cccc(OC)c1-n1c(CS(=O)(=O)CCc2ccc(C)cn2)nnc1-c1ccco1. The van der Waals surface area contributed by atoms with Crippen LogP contribution < -0.4 is 9.47 Å². The number of methoxy groups -OCH3 is 2. The maximum atomic E-state index is 13.0. The van der Waals surface area contributed by atoms with E-state index in [4.69, 9.17) is 13.9 Å². The van der Waals surface area contributed by atoms with Gasteiger partial charge in [-0.05, 0) is 42.8 Å². The second-order valence-electron chi connectivity index (χ2n) is 7.43. The van der Waals surface area contributed by atoms with Crippen molar-refractivity contribution in [3.05, 3.63) is 72.0 Å². The predicted molar refractivity (Wildman–Crippen MR) is 122 cm³/mol. The second-order valence-corrected chi connectivity index (χ2v) is 9.62. The first-order valence-corrected chi connectivity index (χ1v) is 12.1. The Kier molecular flexibility index (Phi) is 6.45. The van der Waals surface area contributed by atoms with Crippen molar-refractivity contribution in [2.45, 2.75) is 19.1 Å². The third-order valence-electron chi connectivity index (χ3n) is 5.09. The average molecular weight is 469 g/mol. The molecule has 4 aromatic rings. The van der Waals surface area contributed by atoms with Gasteiger partial charge in [0.1, 0.15) is 22.9 Å². The molecule has 0 radical (unpaired) electrons. The van der Waals surface area contributed by atoms with Gasteiger partial charge >= 0.3 is 0 Å². The minimum atomic E-state index is -3.54. The third kappa shape index (κ3) is 4.90. The van der Waals surface area contributed by atoms with Crippen LogP contribution in [0.15, 0.2) is 59.3 Å². The van der Waals surface area contributed by atoms with Gasteiger partial charge in [-0.2, -0.15) is 0 Å².